The molecule has 0 heterocycles. The normalized spacial score (nSPS) is 12.0. The van der Waals surface area contributed by atoms with E-state index in [1.54, 1.807) is 48.5 Å². The maximum Gasteiger partial charge on any atom is 0.264 e. The van der Waals surface area contributed by atoms with Gasteiger partial charge in [0.2, 0.25) is 0 Å². The van der Waals surface area contributed by atoms with E-state index < -0.39 is 22.5 Å². The van der Waals surface area contributed by atoms with Crippen LogP contribution in [-0.2, 0) is 19.6 Å². The largest absolute Gasteiger partial charge is 0.484 e. The molecule has 1 atom stereocenters. The van der Waals surface area contributed by atoms with E-state index in [2.05, 4.69) is 15.8 Å². The Morgan fingerprint density at radius 1 is 0.864 bits per heavy atom. The van der Waals surface area contributed by atoms with E-state index in [0.29, 0.717) is 17.0 Å². The number of hydrogen-bond donors (Lipinski definition) is 2. The second-order valence-corrected chi connectivity index (χ2v) is 12.3. The van der Waals surface area contributed by atoms with E-state index in [0.717, 1.165) is 26.6 Å². The Bertz CT molecular complexity index is 1720. The third kappa shape index (κ3) is 8.54. The predicted molar refractivity (Wildman–Crippen MR) is 172 cm³/mol. The highest BCUT2D eigenvalue weighted by Gasteiger charge is 2.27. The number of benzene rings is 4. The summed E-state index contributed by atoms with van der Waals surface area (Å²) in [4.78, 5) is 25.3. The number of hydrogen-bond acceptors (Lipinski definition) is 6. The zero-order valence-electron chi connectivity index (χ0n) is 25.2. The highest BCUT2D eigenvalue weighted by molar-refractivity contribution is 7.92. The Kier molecular flexibility index (Phi) is 10.5. The van der Waals surface area contributed by atoms with Gasteiger partial charge in [-0.15, -0.1) is 0 Å². The Balaban J connectivity index is 1.35. The molecule has 0 saturated carbocycles. The van der Waals surface area contributed by atoms with Crippen LogP contribution in [0, 0.1) is 20.8 Å². The van der Waals surface area contributed by atoms with Crippen LogP contribution in [0.25, 0.3) is 0 Å². The molecule has 0 aliphatic rings. The summed E-state index contributed by atoms with van der Waals surface area (Å²) in [6.07, 6.45) is 1.44. The van der Waals surface area contributed by atoms with Crippen LogP contribution in [0.4, 0.5) is 5.69 Å². The van der Waals surface area contributed by atoms with Crippen molar-refractivity contribution >= 4 is 33.7 Å². The van der Waals surface area contributed by atoms with Crippen molar-refractivity contribution in [2.75, 3.05) is 17.5 Å². The third-order valence-electron chi connectivity index (χ3n) is 7.00. The highest BCUT2D eigenvalue weighted by Crippen LogP contribution is 2.26. The Hall–Kier alpha value is -4.96. The van der Waals surface area contributed by atoms with Crippen molar-refractivity contribution in [2.45, 2.75) is 38.6 Å². The van der Waals surface area contributed by atoms with E-state index in [9.17, 15) is 18.0 Å². The number of carbonyl (C=O) groups excluding carboxylic acids is 2. The van der Waals surface area contributed by atoms with Crippen LogP contribution >= 0.6 is 0 Å². The van der Waals surface area contributed by atoms with Crippen molar-refractivity contribution in [2.24, 2.45) is 5.10 Å². The van der Waals surface area contributed by atoms with Crippen LogP contribution < -0.4 is 19.8 Å². The second kappa shape index (κ2) is 14.5. The molecule has 9 nitrogen and oxygen atoms in total. The number of carbonyl (C=O) groups is 2. The van der Waals surface area contributed by atoms with Gasteiger partial charge in [0.05, 0.1) is 22.8 Å². The summed E-state index contributed by atoms with van der Waals surface area (Å²) in [6.45, 7) is 7.00. The number of rotatable bonds is 12. The van der Waals surface area contributed by atoms with Crippen molar-refractivity contribution in [3.63, 3.8) is 0 Å². The molecule has 0 aliphatic carbocycles. The van der Waals surface area contributed by atoms with Gasteiger partial charge < -0.3 is 10.1 Å². The molecule has 2 N–H and O–H groups in total. The quantitative estimate of drug-likeness (QED) is 0.168. The molecular formula is C34H36N4O5S. The van der Waals surface area contributed by atoms with Crippen LogP contribution in [0.1, 0.15) is 40.8 Å². The number of nitrogens with zero attached hydrogens (tertiary/aromatic N) is 2. The van der Waals surface area contributed by atoms with Crippen molar-refractivity contribution in [3.05, 3.63) is 125 Å². The predicted octanol–water partition coefficient (Wildman–Crippen LogP) is 5.21. The summed E-state index contributed by atoms with van der Waals surface area (Å²) in [5.41, 5.74) is 7.30. The molecule has 4 aromatic carbocycles. The zero-order valence-corrected chi connectivity index (χ0v) is 26.0. The molecule has 0 unspecified atom stereocenters. The summed E-state index contributed by atoms with van der Waals surface area (Å²) in [5.74, 6) is -0.348. The molecule has 44 heavy (non-hydrogen) atoms. The van der Waals surface area contributed by atoms with E-state index in [4.69, 9.17) is 4.74 Å². The van der Waals surface area contributed by atoms with Crippen molar-refractivity contribution in [3.8, 4) is 5.75 Å². The molecule has 0 bridgehead atoms. The standard InChI is InChI=1S/C34H36N4O5S/c1-24-10-18-32(19-11-24)44(41,42)38(30-15-12-25(2)26(3)20-30)22-33(39)37-35-21-28-13-16-31(17-14-28)43-23-34(40)36-27(4)29-8-6-5-7-9-29/h5-21,27H,22-23H2,1-4H3,(H,36,40)(H,37,39)/b35-21-/t27-/m0/s1. The molecule has 2 amide bonds. The summed E-state index contributed by atoms with van der Waals surface area (Å²) in [5, 5.41) is 6.90. The lowest BCUT2D eigenvalue weighted by molar-refractivity contribution is -0.123. The van der Waals surface area contributed by atoms with Gasteiger partial charge in [0.15, 0.2) is 6.61 Å². The average Bonchev–Trinajstić information content (AvgIpc) is 3.01. The van der Waals surface area contributed by atoms with Gasteiger partial charge >= 0.3 is 0 Å². The molecule has 10 heteroatoms. The van der Waals surface area contributed by atoms with E-state index in [1.807, 2.05) is 64.1 Å². The first-order valence-corrected chi connectivity index (χ1v) is 15.5. The first kappa shape index (κ1) is 32.0. The van der Waals surface area contributed by atoms with Gasteiger partial charge in [-0.2, -0.15) is 5.10 Å². The number of anilines is 1. The fraction of sp³-hybridized carbons (Fsp3) is 0.206. The lowest BCUT2D eigenvalue weighted by atomic mass is 10.1. The molecule has 228 valence electrons. The number of amides is 2. The average molecular weight is 613 g/mol. The van der Waals surface area contributed by atoms with Gasteiger partial charge in [-0.25, -0.2) is 13.8 Å². The van der Waals surface area contributed by atoms with E-state index in [-0.39, 0.29) is 23.5 Å². The van der Waals surface area contributed by atoms with Crippen LogP contribution in [0.15, 0.2) is 107 Å². The molecule has 0 saturated heterocycles. The minimum Gasteiger partial charge on any atom is -0.484 e. The molecule has 0 fully saturated rings. The first-order valence-electron chi connectivity index (χ1n) is 14.1. The third-order valence-corrected chi connectivity index (χ3v) is 8.79. The van der Waals surface area contributed by atoms with Crippen molar-refractivity contribution < 1.29 is 22.7 Å². The zero-order chi connectivity index (χ0) is 31.7. The summed E-state index contributed by atoms with van der Waals surface area (Å²) < 4.78 is 33.8. The molecule has 0 spiro atoms. The number of sulfonamides is 1. The Morgan fingerprint density at radius 3 is 2.20 bits per heavy atom. The molecule has 4 rings (SSSR count). The molecule has 0 radical (unpaired) electrons. The van der Waals surface area contributed by atoms with Crippen LogP contribution in [-0.4, -0.2) is 39.6 Å². The fourth-order valence-corrected chi connectivity index (χ4v) is 5.70. The smallest absolute Gasteiger partial charge is 0.264 e. The molecule has 0 aromatic heterocycles. The minimum absolute atomic E-state index is 0.0862. The molecule has 0 aliphatic heterocycles. The first-order chi connectivity index (χ1) is 21.0. The topological polar surface area (TPSA) is 117 Å². The van der Waals surface area contributed by atoms with Gasteiger partial charge in [0.25, 0.3) is 21.8 Å². The minimum atomic E-state index is -4.03. The highest BCUT2D eigenvalue weighted by atomic mass is 32.2. The maximum absolute atomic E-state index is 13.6. The van der Waals surface area contributed by atoms with Crippen molar-refractivity contribution in [1.29, 1.82) is 0 Å². The van der Waals surface area contributed by atoms with Crippen LogP contribution in [0.2, 0.25) is 0 Å². The Labute approximate surface area is 258 Å². The molecular weight excluding hydrogens is 576 g/mol. The summed E-state index contributed by atoms with van der Waals surface area (Å²) in [6, 6.07) is 28.1. The number of hydrazone groups is 1. The monoisotopic (exact) mass is 612 g/mol. The van der Waals surface area contributed by atoms with Gasteiger partial charge in [-0.3, -0.25) is 13.9 Å². The SMILES string of the molecule is Cc1ccc(S(=O)(=O)N(CC(=O)N/N=C\c2ccc(OCC(=O)N[C@@H](C)c3ccccc3)cc2)c2ccc(C)c(C)c2)cc1. The lowest BCUT2D eigenvalue weighted by Crippen LogP contribution is -2.39. The van der Waals surface area contributed by atoms with Crippen molar-refractivity contribution in [1.82, 2.24) is 10.7 Å². The fourth-order valence-electron chi connectivity index (χ4n) is 4.29. The van der Waals surface area contributed by atoms with Gasteiger partial charge in [0, 0.05) is 0 Å². The van der Waals surface area contributed by atoms with E-state index in [1.165, 1.54) is 18.3 Å². The number of aryl methyl sites for hydroxylation is 3. The summed E-state index contributed by atoms with van der Waals surface area (Å²) >= 11 is 0. The number of ether oxygens (including phenoxy) is 1. The maximum atomic E-state index is 13.6. The van der Waals surface area contributed by atoms with Gasteiger partial charge in [-0.1, -0.05) is 54.1 Å². The lowest BCUT2D eigenvalue weighted by Gasteiger charge is -2.24. The van der Waals surface area contributed by atoms with Gasteiger partial charge in [0.1, 0.15) is 12.3 Å². The number of nitrogens with one attached hydrogen (secondary N) is 2. The van der Waals surface area contributed by atoms with Gasteiger partial charge in [-0.05, 0) is 98.5 Å². The van der Waals surface area contributed by atoms with E-state index >= 15 is 0 Å². The Morgan fingerprint density at radius 2 is 1.55 bits per heavy atom. The second-order valence-electron chi connectivity index (χ2n) is 10.4. The summed E-state index contributed by atoms with van der Waals surface area (Å²) in [7, 11) is -4.03. The van der Waals surface area contributed by atoms with Crippen LogP contribution in [0.5, 0.6) is 5.75 Å². The molecule has 4 aromatic rings. The van der Waals surface area contributed by atoms with Crippen LogP contribution in [0.3, 0.4) is 0 Å².